The summed E-state index contributed by atoms with van der Waals surface area (Å²) in [6.07, 6.45) is 0. The van der Waals surface area contributed by atoms with Crippen molar-refractivity contribution in [3.63, 3.8) is 0 Å². The molecule has 0 bridgehead atoms. The smallest absolute Gasteiger partial charge is 0.112 e. The van der Waals surface area contributed by atoms with E-state index in [0.29, 0.717) is 19.9 Å². The number of hydrogen-bond donors (Lipinski definition) is 0. The fourth-order valence-corrected chi connectivity index (χ4v) is 0.519. The fraction of sp³-hybridized carbons (Fsp3) is 0.600. The maximum atomic E-state index is 5.33. The molecule has 0 N–H and O–H groups in total. The molecular weight excluding hydrogens is 104 g/mol. The van der Waals surface area contributed by atoms with Crippen molar-refractivity contribution in [1.82, 2.24) is 10.0 Å². The van der Waals surface area contributed by atoms with Gasteiger partial charge in [-0.1, -0.05) is 0 Å². The highest BCUT2D eigenvalue weighted by Crippen LogP contribution is 1.99. The van der Waals surface area contributed by atoms with Crippen LogP contribution in [0.4, 0.5) is 0 Å². The van der Waals surface area contributed by atoms with Crippen LogP contribution in [0.1, 0.15) is 0 Å². The van der Waals surface area contributed by atoms with Crippen molar-refractivity contribution >= 4 is 0 Å². The van der Waals surface area contributed by atoms with E-state index in [1.165, 1.54) is 10.0 Å². The molecular formula is C5H8N2O. The molecule has 1 saturated heterocycles. The van der Waals surface area contributed by atoms with E-state index in [2.05, 4.69) is 0 Å². The van der Waals surface area contributed by atoms with Gasteiger partial charge in [-0.25, -0.2) is 10.0 Å². The van der Waals surface area contributed by atoms with Gasteiger partial charge in [0, 0.05) is 6.54 Å². The van der Waals surface area contributed by atoms with Crippen molar-refractivity contribution in [2.24, 2.45) is 0 Å². The number of hydrogen-bond acceptors (Lipinski definition) is 3. The van der Waals surface area contributed by atoms with E-state index in [4.69, 9.17) is 18.8 Å². The molecule has 1 aliphatic heterocycles. The van der Waals surface area contributed by atoms with Crippen molar-refractivity contribution in [2.45, 2.75) is 0 Å². The van der Waals surface area contributed by atoms with Gasteiger partial charge in [-0.3, -0.25) is 0 Å². The highest BCUT2D eigenvalue weighted by atomic mass is 16.5. The van der Waals surface area contributed by atoms with E-state index in [9.17, 15) is 0 Å². The molecule has 0 aliphatic carbocycles. The Morgan fingerprint density at radius 1 is 1.25 bits per heavy atom. The van der Waals surface area contributed by atoms with E-state index in [1.54, 1.807) is 0 Å². The average molecular weight is 112 g/mol. The number of nitrogens with zero attached hydrogens (tertiary/aromatic N) is 2. The van der Waals surface area contributed by atoms with Crippen LogP contribution in [-0.2, 0) is 4.74 Å². The second kappa shape index (κ2) is 2.44. The maximum Gasteiger partial charge on any atom is 0.112 e. The third-order valence-corrected chi connectivity index (χ3v) is 1.02. The molecule has 0 spiro atoms. The molecule has 0 aromatic rings. The Labute approximate surface area is 49.8 Å². The first kappa shape index (κ1) is 6.01. The van der Waals surface area contributed by atoms with Crippen LogP contribution in [-0.4, -0.2) is 29.9 Å². The van der Waals surface area contributed by atoms with Crippen LogP contribution in [0.3, 0.4) is 0 Å². The molecule has 1 rings (SSSR count). The van der Waals surface area contributed by atoms with Crippen LogP contribution in [0, 0.1) is 14.1 Å². The van der Waals surface area contributed by atoms with Crippen molar-refractivity contribution in [3.8, 4) is 0 Å². The first-order chi connectivity index (χ1) is 3.80. The standard InChI is InChI=1S/C5H8N2O/c1-6-3-4-8-5-7(6)2/h1-2H,3-5H2. The Morgan fingerprint density at radius 3 is 2.38 bits per heavy atom. The number of rotatable bonds is 0. The Kier molecular flexibility index (Phi) is 1.83. The maximum absolute atomic E-state index is 5.33. The summed E-state index contributed by atoms with van der Waals surface area (Å²) in [5.41, 5.74) is 0. The van der Waals surface area contributed by atoms with E-state index >= 15 is 0 Å². The van der Waals surface area contributed by atoms with Crippen LogP contribution >= 0.6 is 0 Å². The lowest BCUT2D eigenvalue weighted by Crippen LogP contribution is -2.42. The molecule has 0 aromatic carbocycles. The highest BCUT2D eigenvalue weighted by molar-refractivity contribution is 4.55. The second-order valence-electron chi connectivity index (χ2n) is 1.64. The van der Waals surface area contributed by atoms with Gasteiger partial charge in [0.2, 0.25) is 0 Å². The van der Waals surface area contributed by atoms with Crippen LogP contribution in [0.15, 0.2) is 0 Å². The van der Waals surface area contributed by atoms with Gasteiger partial charge in [-0.05, 0) is 0 Å². The fourth-order valence-electron chi connectivity index (χ4n) is 0.519. The zero-order valence-electron chi connectivity index (χ0n) is 4.58. The highest BCUT2D eigenvalue weighted by Gasteiger charge is 2.10. The summed E-state index contributed by atoms with van der Waals surface area (Å²) >= 11 is 0. The van der Waals surface area contributed by atoms with Gasteiger partial charge in [-0.15, -0.1) is 0 Å². The molecule has 4 radical (unpaired) electrons. The molecule has 1 fully saturated rings. The molecule has 0 atom stereocenters. The Bertz CT molecular complexity index is 66.8. The minimum absolute atomic E-state index is 0.385. The van der Waals surface area contributed by atoms with Gasteiger partial charge in [0.15, 0.2) is 0 Å². The summed E-state index contributed by atoms with van der Waals surface area (Å²) in [5, 5.41) is 2.74. The van der Waals surface area contributed by atoms with Crippen molar-refractivity contribution in [3.05, 3.63) is 14.1 Å². The number of ether oxygens (including phenoxy) is 1. The Balaban J connectivity index is 2.28. The molecule has 8 heavy (non-hydrogen) atoms. The monoisotopic (exact) mass is 112 g/mol. The summed E-state index contributed by atoms with van der Waals surface area (Å²) in [5.74, 6) is 0. The van der Waals surface area contributed by atoms with Gasteiger partial charge in [0.1, 0.15) is 6.73 Å². The number of hydrazine groups is 1. The first-order valence-corrected chi connectivity index (χ1v) is 2.43. The zero-order chi connectivity index (χ0) is 5.98. The quantitative estimate of drug-likeness (QED) is 0.432. The normalized spacial score (nSPS) is 26.2. The van der Waals surface area contributed by atoms with Crippen molar-refractivity contribution < 1.29 is 4.74 Å². The Morgan fingerprint density at radius 2 is 2.00 bits per heavy atom. The van der Waals surface area contributed by atoms with E-state index in [-0.39, 0.29) is 0 Å². The predicted octanol–water partition coefficient (Wildman–Crippen LogP) is -0.170. The summed E-state index contributed by atoms with van der Waals surface area (Å²) in [6.45, 7) is 1.71. The van der Waals surface area contributed by atoms with Gasteiger partial charge < -0.3 is 4.74 Å². The molecule has 1 heterocycles. The Hall–Kier alpha value is -0.120. The zero-order valence-corrected chi connectivity index (χ0v) is 4.58. The van der Waals surface area contributed by atoms with Crippen LogP contribution in [0.2, 0.25) is 0 Å². The van der Waals surface area contributed by atoms with E-state index in [0.717, 1.165) is 0 Å². The SMILES string of the molecule is [CH]N1CCOCN1[CH]. The lowest BCUT2D eigenvalue weighted by molar-refractivity contribution is -0.106. The second-order valence-corrected chi connectivity index (χ2v) is 1.64. The minimum atomic E-state index is 0.385. The largest absolute Gasteiger partial charge is 0.363 e. The van der Waals surface area contributed by atoms with Crippen molar-refractivity contribution in [1.29, 1.82) is 0 Å². The molecule has 1 aliphatic rings. The lowest BCUT2D eigenvalue weighted by Gasteiger charge is -2.31. The predicted molar refractivity (Wildman–Crippen MR) is 28.0 cm³/mol. The molecule has 0 saturated carbocycles. The molecule has 3 heteroatoms. The van der Waals surface area contributed by atoms with Gasteiger partial charge in [-0.2, -0.15) is 0 Å². The molecule has 0 amide bonds. The van der Waals surface area contributed by atoms with E-state index in [1.807, 2.05) is 0 Å². The topological polar surface area (TPSA) is 15.7 Å². The summed E-state index contributed by atoms with van der Waals surface area (Å²) < 4.78 is 4.93. The van der Waals surface area contributed by atoms with Gasteiger partial charge in [0.25, 0.3) is 0 Å². The third-order valence-electron chi connectivity index (χ3n) is 1.02. The molecule has 0 unspecified atom stereocenters. The van der Waals surface area contributed by atoms with Gasteiger partial charge in [0.05, 0.1) is 20.7 Å². The van der Waals surface area contributed by atoms with Crippen molar-refractivity contribution in [2.75, 3.05) is 19.9 Å². The minimum Gasteiger partial charge on any atom is -0.363 e. The van der Waals surface area contributed by atoms with Crippen LogP contribution in [0.25, 0.3) is 0 Å². The third kappa shape index (κ3) is 1.18. The molecule has 0 aromatic heterocycles. The lowest BCUT2D eigenvalue weighted by atomic mass is 10.6. The molecule has 44 valence electrons. The van der Waals surface area contributed by atoms with Crippen LogP contribution < -0.4 is 0 Å². The molecule has 3 nitrogen and oxygen atoms in total. The van der Waals surface area contributed by atoms with Crippen LogP contribution in [0.5, 0.6) is 0 Å². The summed E-state index contributed by atoms with van der Waals surface area (Å²) in [4.78, 5) is 0. The van der Waals surface area contributed by atoms with E-state index < -0.39 is 0 Å². The summed E-state index contributed by atoms with van der Waals surface area (Å²) in [6, 6.07) is 0. The first-order valence-electron chi connectivity index (χ1n) is 2.43. The summed E-state index contributed by atoms with van der Waals surface area (Å²) in [7, 11) is 10.6. The average Bonchev–Trinajstić information content (AvgIpc) is 1.77. The van der Waals surface area contributed by atoms with Gasteiger partial charge >= 0.3 is 0 Å².